The van der Waals surface area contributed by atoms with Crippen molar-refractivity contribution in [3.8, 4) is 0 Å². The van der Waals surface area contributed by atoms with Crippen LogP contribution in [-0.2, 0) is 28.6 Å². The van der Waals surface area contributed by atoms with Crippen molar-refractivity contribution >= 4 is 17.9 Å². The number of ether oxygens (including phenoxy) is 3. The van der Waals surface area contributed by atoms with E-state index in [4.69, 9.17) is 14.2 Å². The fourth-order valence-electron chi connectivity index (χ4n) is 7.82. The fourth-order valence-corrected chi connectivity index (χ4v) is 7.82. The van der Waals surface area contributed by atoms with Gasteiger partial charge in [0.25, 0.3) is 0 Å². The first-order valence-corrected chi connectivity index (χ1v) is 29.4. The van der Waals surface area contributed by atoms with Crippen LogP contribution in [-0.4, -0.2) is 37.2 Å². The van der Waals surface area contributed by atoms with Gasteiger partial charge in [-0.3, -0.25) is 14.4 Å². The molecule has 6 heteroatoms. The Morgan fingerprint density at radius 3 is 0.972 bits per heavy atom. The molecule has 0 aromatic heterocycles. The summed E-state index contributed by atoms with van der Waals surface area (Å²) in [5.74, 6) is -0.974. The summed E-state index contributed by atoms with van der Waals surface area (Å²) in [4.78, 5) is 38.1. The first kappa shape index (κ1) is 67.1. The topological polar surface area (TPSA) is 78.9 Å². The average molecular weight is 986 g/mol. The van der Waals surface area contributed by atoms with Crippen molar-refractivity contribution in [2.45, 2.75) is 271 Å². The molecule has 0 aromatic rings. The van der Waals surface area contributed by atoms with Gasteiger partial charge in [-0.15, -0.1) is 0 Å². The Labute approximate surface area is 438 Å². The molecule has 0 bridgehead atoms. The molecule has 0 aliphatic rings. The first-order valence-electron chi connectivity index (χ1n) is 29.4. The summed E-state index contributed by atoms with van der Waals surface area (Å²) in [6, 6.07) is 0. The highest BCUT2D eigenvalue weighted by atomic mass is 16.6. The lowest BCUT2D eigenvalue weighted by molar-refractivity contribution is -0.167. The van der Waals surface area contributed by atoms with Crippen LogP contribution in [0.25, 0.3) is 0 Å². The summed E-state index contributed by atoms with van der Waals surface area (Å²) >= 11 is 0. The molecule has 0 radical (unpaired) electrons. The molecule has 0 aliphatic heterocycles. The highest BCUT2D eigenvalue weighted by Gasteiger charge is 2.19. The summed E-state index contributed by atoms with van der Waals surface area (Å²) in [6.07, 6.45) is 79.5. The largest absolute Gasteiger partial charge is 0.462 e. The van der Waals surface area contributed by atoms with Gasteiger partial charge in [-0.05, 0) is 116 Å². The third-order valence-electron chi connectivity index (χ3n) is 12.2. The van der Waals surface area contributed by atoms with Gasteiger partial charge in [0.15, 0.2) is 6.10 Å². The van der Waals surface area contributed by atoms with Crippen LogP contribution in [0.4, 0.5) is 0 Å². The lowest BCUT2D eigenvalue weighted by atomic mass is 10.1. The molecule has 1 unspecified atom stereocenters. The quantitative estimate of drug-likeness (QED) is 0.0261. The maximum atomic E-state index is 12.9. The Morgan fingerprint density at radius 1 is 0.296 bits per heavy atom. The van der Waals surface area contributed by atoms with E-state index in [0.717, 1.165) is 103 Å². The summed E-state index contributed by atoms with van der Waals surface area (Å²) in [5.41, 5.74) is 0. The molecule has 71 heavy (non-hydrogen) atoms. The number of hydrogen-bond acceptors (Lipinski definition) is 6. The van der Waals surface area contributed by atoms with Crippen LogP contribution in [0.2, 0.25) is 0 Å². The Balaban J connectivity index is 4.44. The van der Waals surface area contributed by atoms with E-state index >= 15 is 0 Å². The van der Waals surface area contributed by atoms with Crippen molar-refractivity contribution in [2.75, 3.05) is 13.2 Å². The predicted octanol–water partition coefficient (Wildman–Crippen LogP) is 19.9. The summed E-state index contributed by atoms with van der Waals surface area (Å²) in [6.45, 7) is 6.43. The number of hydrogen-bond donors (Lipinski definition) is 0. The van der Waals surface area contributed by atoms with Gasteiger partial charge < -0.3 is 14.2 Å². The van der Waals surface area contributed by atoms with E-state index in [1.54, 1.807) is 0 Å². The molecule has 0 saturated carbocycles. The minimum Gasteiger partial charge on any atom is -0.462 e. The molecule has 0 spiro atoms. The van der Waals surface area contributed by atoms with Crippen LogP contribution in [0.5, 0.6) is 0 Å². The molecule has 0 heterocycles. The Bertz CT molecular complexity index is 1460. The second-order valence-electron chi connectivity index (χ2n) is 19.2. The van der Waals surface area contributed by atoms with Crippen molar-refractivity contribution in [1.82, 2.24) is 0 Å². The van der Waals surface area contributed by atoms with Crippen molar-refractivity contribution in [3.05, 3.63) is 109 Å². The predicted molar refractivity (Wildman–Crippen MR) is 307 cm³/mol. The molecular formula is C65H108O6. The van der Waals surface area contributed by atoms with Crippen molar-refractivity contribution in [3.63, 3.8) is 0 Å². The molecule has 0 rings (SSSR count). The van der Waals surface area contributed by atoms with E-state index in [0.29, 0.717) is 19.3 Å². The van der Waals surface area contributed by atoms with E-state index in [2.05, 4.69) is 130 Å². The van der Waals surface area contributed by atoms with E-state index < -0.39 is 6.10 Å². The van der Waals surface area contributed by atoms with E-state index in [-0.39, 0.29) is 37.5 Å². The molecule has 6 nitrogen and oxygen atoms in total. The molecule has 0 saturated heterocycles. The van der Waals surface area contributed by atoms with Gasteiger partial charge in [0, 0.05) is 19.3 Å². The Kier molecular flexibility index (Phi) is 55.4. The van der Waals surface area contributed by atoms with E-state index in [9.17, 15) is 14.4 Å². The number of allylic oxidation sites excluding steroid dienone is 18. The molecule has 0 N–H and O–H groups in total. The molecular weight excluding hydrogens is 877 g/mol. The second kappa shape index (κ2) is 58.6. The van der Waals surface area contributed by atoms with Crippen LogP contribution in [0, 0.1) is 0 Å². The van der Waals surface area contributed by atoms with Gasteiger partial charge in [-0.25, -0.2) is 0 Å². The molecule has 404 valence electrons. The van der Waals surface area contributed by atoms with Crippen LogP contribution < -0.4 is 0 Å². The van der Waals surface area contributed by atoms with Gasteiger partial charge in [0.1, 0.15) is 13.2 Å². The van der Waals surface area contributed by atoms with Gasteiger partial charge >= 0.3 is 17.9 Å². The zero-order valence-corrected chi connectivity index (χ0v) is 46.2. The van der Waals surface area contributed by atoms with Crippen LogP contribution in [0.15, 0.2) is 109 Å². The number of unbranched alkanes of at least 4 members (excludes halogenated alkanes) is 23. The lowest BCUT2D eigenvalue weighted by Crippen LogP contribution is -2.30. The van der Waals surface area contributed by atoms with Crippen molar-refractivity contribution in [1.29, 1.82) is 0 Å². The van der Waals surface area contributed by atoms with E-state index in [1.165, 1.54) is 116 Å². The standard InChI is InChI=1S/C65H108O6/c1-4-7-10-13-16-19-22-24-26-28-30-31-32-33-35-36-38-40-43-46-49-52-55-58-64(67)70-61-62(60-69-63(66)57-54-51-48-45-42-21-18-15-12-9-6-3)71-65(68)59-56-53-50-47-44-41-39-37-34-29-27-25-23-20-17-14-11-8-5-2/h7,10,15-16,18-19,24-27,30-31,33,35,38,40,46,49,62H,4-6,8-9,11-14,17,20-23,28-29,32,34,36-37,39,41-45,47-48,50-61H2,1-3H3/b10-7-,18-15-,19-16-,26-24-,27-25-,31-30-,35-33-,40-38-,49-46-. The maximum absolute atomic E-state index is 12.9. The van der Waals surface area contributed by atoms with Crippen molar-refractivity contribution in [2.24, 2.45) is 0 Å². The number of carbonyl (C=O) groups is 3. The minimum atomic E-state index is -0.808. The average Bonchev–Trinajstić information content (AvgIpc) is 3.37. The van der Waals surface area contributed by atoms with Gasteiger partial charge in [0.05, 0.1) is 0 Å². The lowest BCUT2D eigenvalue weighted by Gasteiger charge is -2.18. The monoisotopic (exact) mass is 985 g/mol. The Morgan fingerprint density at radius 2 is 0.577 bits per heavy atom. The zero-order valence-electron chi connectivity index (χ0n) is 46.2. The molecule has 0 amide bonds. The third-order valence-corrected chi connectivity index (χ3v) is 12.2. The van der Waals surface area contributed by atoms with E-state index in [1.807, 2.05) is 0 Å². The summed E-state index contributed by atoms with van der Waals surface area (Å²) in [7, 11) is 0. The normalized spacial score (nSPS) is 12.9. The first-order chi connectivity index (χ1) is 35.0. The zero-order chi connectivity index (χ0) is 51.4. The fraction of sp³-hybridized carbons (Fsp3) is 0.677. The molecule has 1 atom stereocenters. The molecule has 0 aromatic carbocycles. The van der Waals surface area contributed by atoms with Crippen molar-refractivity contribution < 1.29 is 28.6 Å². The minimum absolute atomic E-state index is 0.102. The highest BCUT2D eigenvalue weighted by Crippen LogP contribution is 2.14. The SMILES string of the molecule is CC/C=C\C/C=C\C/C=C\C/C=C\C/C=C\C/C=C\C/C=C\CCCC(=O)OCC(COC(=O)CCCCCCC/C=C\CCCC)OC(=O)CCCCCCCCCCC/C=C\CCCCCCCC. The number of carbonyl (C=O) groups excluding carboxylic acids is 3. The highest BCUT2D eigenvalue weighted by molar-refractivity contribution is 5.71. The number of esters is 3. The second-order valence-corrected chi connectivity index (χ2v) is 19.2. The van der Waals surface area contributed by atoms with Crippen LogP contribution in [0.1, 0.15) is 265 Å². The molecule has 0 aliphatic carbocycles. The third kappa shape index (κ3) is 56.9. The van der Waals surface area contributed by atoms with Crippen LogP contribution in [0.3, 0.4) is 0 Å². The Hall–Kier alpha value is -3.93. The number of rotatable bonds is 52. The smallest absolute Gasteiger partial charge is 0.306 e. The van der Waals surface area contributed by atoms with Gasteiger partial charge in [-0.1, -0.05) is 239 Å². The van der Waals surface area contributed by atoms with Crippen LogP contribution >= 0.6 is 0 Å². The van der Waals surface area contributed by atoms with Gasteiger partial charge in [0.2, 0.25) is 0 Å². The maximum Gasteiger partial charge on any atom is 0.306 e. The molecule has 0 fully saturated rings. The van der Waals surface area contributed by atoms with Gasteiger partial charge in [-0.2, -0.15) is 0 Å². The summed E-state index contributed by atoms with van der Waals surface area (Å²) in [5, 5.41) is 0. The summed E-state index contributed by atoms with van der Waals surface area (Å²) < 4.78 is 16.8.